The van der Waals surface area contributed by atoms with Crippen molar-refractivity contribution in [3.63, 3.8) is 0 Å². The molecule has 146 valence electrons. The molecule has 27 heavy (non-hydrogen) atoms. The zero-order valence-corrected chi connectivity index (χ0v) is 15.0. The van der Waals surface area contributed by atoms with Crippen LogP contribution in [0, 0.1) is 0 Å². The number of ether oxygens (including phenoxy) is 4. The van der Waals surface area contributed by atoms with Gasteiger partial charge in [-0.2, -0.15) is 13.2 Å². The van der Waals surface area contributed by atoms with Gasteiger partial charge in [-0.25, -0.2) is 4.79 Å². The highest BCUT2D eigenvalue weighted by molar-refractivity contribution is 5.91. The summed E-state index contributed by atoms with van der Waals surface area (Å²) in [6.07, 6.45) is -7.49. The summed E-state index contributed by atoms with van der Waals surface area (Å²) >= 11 is 0. The first-order valence-corrected chi connectivity index (χ1v) is 7.91. The SMILES string of the molecule is COc1cc(C(=O)O[C@H](Cc2ccccc2)C(F)(F)F)cc(OC)c1OC. The topological polar surface area (TPSA) is 54.0 Å². The Labute approximate surface area is 154 Å². The minimum atomic E-state index is -4.72. The maximum Gasteiger partial charge on any atom is 0.425 e. The zero-order valence-electron chi connectivity index (χ0n) is 15.0. The summed E-state index contributed by atoms with van der Waals surface area (Å²) < 4.78 is 60.1. The maximum absolute atomic E-state index is 13.3. The normalized spacial score (nSPS) is 12.2. The third-order valence-corrected chi connectivity index (χ3v) is 3.78. The number of alkyl halides is 3. The van der Waals surface area contributed by atoms with Gasteiger partial charge in [-0.15, -0.1) is 0 Å². The van der Waals surface area contributed by atoms with Crippen LogP contribution in [0.15, 0.2) is 42.5 Å². The molecule has 1 atom stereocenters. The van der Waals surface area contributed by atoms with Crippen LogP contribution in [0.3, 0.4) is 0 Å². The van der Waals surface area contributed by atoms with E-state index in [0.717, 1.165) is 0 Å². The molecule has 0 aromatic heterocycles. The first-order chi connectivity index (χ1) is 12.8. The van der Waals surface area contributed by atoms with Gasteiger partial charge in [0, 0.05) is 6.42 Å². The lowest BCUT2D eigenvalue weighted by molar-refractivity contribution is -0.203. The van der Waals surface area contributed by atoms with Gasteiger partial charge in [-0.3, -0.25) is 0 Å². The summed E-state index contributed by atoms with van der Waals surface area (Å²) in [4.78, 5) is 12.4. The summed E-state index contributed by atoms with van der Waals surface area (Å²) in [5.41, 5.74) is 0.254. The molecule has 0 saturated heterocycles. The van der Waals surface area contributed by atoms with Crippen molar-refractivity contribution in [3.05, 3.63) is 53.6 Å². The highest BCUT2D eigenvalue weighted by atomic mass is 19.4. The second-order valence-electron chi connectivity index (χ2n) is 5.54. The van der Waals surface area contributed by atoms with Crippen LogP contribution in [-0.2, 0) is 11.2 Å². The maximum atomic E-state index is 13.3. The van der Waals surface area contributed by atoms with Gasteiger partial charge < -0.3 is 18.9 Å². The Morgan fingerprint density at radius 2 is 1.52 bits per heavy atom. The summed E-state index contributed by atoms with van der Waals surface area (Å²) in [5, 5.41) is 0. The van der Waals surface area contributed by atoms with Gasteiger partial charge in [0.2, 0.25) is 11.9 Å². The summed E-state index contributed by atoms with van der Waals surface area (Å²) in [6.45, 7) is 0. The van der Waals surface area contributed by atoms with Crippen LogP contribution in [0.2, 0.25) is 0 Å². The highest BCUT2D eigenvalue weighted by Crippen LogP contribution is 2.38. The van der Waals surface area contributed by atoms with Crippen molar-refractivity contribution in [3.8, 4) is 17.2 Å². The molecule has 2 rings (SSSR count). The molecular formula is C19H19F3O5. The van der Waals surface area contributed by atoms with Crippen LogP contribution in [0.5, 0.6) is 17.2 Å². The van der Waals surface area contributed by atoms with E-state index in [2.05, 4.69) is 0 Å². The summed E-state index contributed by atoms with van der Waals surface area (Å²) in [6, 6.07) is 10.5. The molecule has 2 aromatic carbocycles. The smallest absolute Gasteiger partial charge is 0.425 e. The van der Waals surface area contributed by atoms with Crippen molar-refractivity contribution < 1.29 is 36.9 Å². The molecule has 0 fully saturated rings. The lowest BCUT2D eigenvalue weighted by Crippen LogP contribution is -2.35. The predicted molar refractivity (Wildman–Crippen MR) is 91.5 cm³/mol. The molecule has 0 aliphatic heterocycles. The van der Waals surface area contributed by atoms with Crippen molar-refractivity contribution in [2.75, 3.05) is 21.3 Å². The van der Waals surface area contributed by atoms with E-state index in [0.29, 0.717) is 5.56 Å². The number of hydrogen-bond acceptors (Lipinski definition) is 5. The van der Waals surface area contributed by atoms with Crippen LogP contribution in [0.1, 0.15) is 15.9 Å². The zero-order chi connectivity index (χ0) is 20.0. The van der Waals surface area contributed by atoms with Gasteiger partial charge in [0.15, 0.2) is 11.5 Å². The number of methoxy groups -OCH3 is 3. The fourth-order valence-corrected chi connectivity index (χ4v) is 2.45. The number of carbonyl (C=O) groups excluding carboxylic acids is 1. The van der Waals surface area contributed by atoms with Gasteiger partial charge in [-0.05, 0) is 17.7 Å². The highest BCUT2D eigenvalue weighted by Gasteiger charge is 2.43. The van der Waals surface area contributed by atoms with Crippen molar-refractivity contribution in [2.24, 2.45) is 0 Å². The van der Waals surface area contributed by atoms with Crippen molar-refractivity contribution in [2.45, 2.75) is 18.7 Å². The van der Waals surface area contributed by atoms with Crippen LogP contribution in [0.4, 0.5) is 13.2 Å². The van der Waals surface area contributed by atoms with E-state index >= 15 is 0 Å². The third-order valence-electron chi connectivity index (χ3n) is 3.78. The lowest BCUT2D eigenvalue weighted by atomic mass is 10.1. The Bertz CT molecular complexity index is 750. The van der Waals surface area contributed by atoms with Gasteiger partial charge in [0.05, 0.1) is 26.9 Å². The van der Waals surface area contributed by atoms with Crippen molar-refractivity contribution in [1.82, 2.24) is 0 Å². The first kappa shape index (κ1) is 20.4. The summed E-state index contributed by atoms with van der Waals surface area (Å²) in [7, 11) is 4.04. The Kier molecular flexibility index (Phi) is 6.55. The molecule has 0 heterocycles. The van der Waals surface area contributed by atoms with E-state index in [1.54, 1.807) is 18.2 Å². The molecule has 0 bridgehead atoms. The Balaban J connectivity index is 2.29. The largest absolute Gasteiger partial charge is 0.493 e. The molecule has 0 aliphatic carbocycles. The molecule has 0 unspecified atom stereocenters. The fourth-order valence-electron chi connectivity index (χ4n) is 2.45. The number of esters is 1. The second-order valence-corrected chi connectivity index (χ2v) is 5.54. The molecule has 0 N–H and O–H groups in total. The van der Waals surface area contributed by atoms with Gasteiger partial charge in [0.1, 0.15) is 0 Å². The fraction of sp³-hybridized carbons (Fsp3) is 0.316. The van der Waals surface area contributed by atoms with Crippen molar-refractivity contribution >= 4 is 5.97 Å². The van der Waals surface area contributed by atoms with E-state index in [-0.39, 0.29) is 22.8 Å². The average Bonchev–Trinajstić information content (AvgIpc) is 2.66. The number of carbonyl (C=O) groups is 1. The van der Waals surface area contributed by atoms with Gasteiger partial charge in [-0.1, -0.05) is 30.3 Å². The van der Waals surface area contributed by atoms with Crippen molar-refractivity contribution in [1.29, 1.82) is 0 Å². The number of rotatable bonds is 7. The standard InChI is InChI=1S/C19H19F3O5/c1-24-14-10-13(11-15(25-2)17(14)26-3)18(23)27-16(19(20,21)22)9-12-7-5-4-6-8-12/h4-8,10-11,16H,9H2,1-3H3/t16-/m1/s1. The van der Waals surface area contributed by atoms with Crippen LogP contribution >= 0.6 is 0 Å². The molecule has 2 aromatic rings. The van der Waals surface area contributed by atoms with E-state index in [1.807, 2.05) is 0 Å². The minimum absolute atomic E-state index is 0.135. The van der Waals surface area contributed by atoms with E-state index in [4.69, 9.17) is 18.9 Å². The molecule has 0 saturated carbocycles. The average molecular weight is 384 g/mol. The number of halogens is 3. The second kappa shape index (κ2) is 8.66. The Hall–Kier alpha value is -2.90. The van der Waals surface area contributed by atoms with Gasteiger partial charge >= 0.3 is 12.1 Å². The first-order valence-electron chi connectivity index (χ1n) is 7.91. The quantitative estimate of drug-likeness (QED) is 0.675. The Morgan fingerprint density at radius 1 is 0.963 bits per heavy atom. The van der Waals surface area contributed by atoms with Gasteiger partial charge in [0.25, 0.3) is 0 Å². The van der Waals surface area contributed by atoms with E-state index < -0.39 is 24.7 Å². The molecular weight excluding hydrogens is 365 g/mol. The third kappa shape index (κ3) is 5.06. The lowest BCUT2D eigenvalue weighted by Gasteiger charge is -2.21. The molecule has 8 heteroatoms. The number of benzene rings is 2. The monoisotopic (exact) mass is 384 g/mol. The van der Waals surface area contributed by atoms with E-state index in [1.165, 1.54) is 45.6 Å². The summed E-state index contributed by atoms with van der Waals surface area (Å²) in [5.74, 6) is -0.661. The van der Waals surface area contributed by atoms with Crippen LogP contribution < -0.4 is 14.2 Å². The minimum Gasteiger partial charge on any atom is -0.493 e. The number of hydrogen-bond donors (Lipinski definition) is 0. The molecule has 0 radical (unpaired) electrons. The molecule has 5 nitrogen and oxygen atoms in total. The molecule has 0 spiro atoms. The Morgan fingerprint density at radius 3 is 1.96 bits per heavy atom. The molecule has 0 aliphatic rings. The van der Waals surface area contributed by atoms with Crippen LogP contribution in [0.25, 0.3) is 0 Å². The predicted octanol–water partition coefficient (Wildman–Crippen LogP) is 4.04. The van der Waals surface area contributed by atoms with E-state index in [9.17, 15) is 18.0 Å². The molecule has 0 amide bonds. The van der Waals surface area contributed by atoms with Crippen LogP contribution in [-0.4, -0.2) is 39.6 Å².